The Labute approximate surface area is 203 Å². The molecular weight excluding hydrogens is 444 g/mol. The first-order valence-electron chi connectivity index (χ1n) is 12.0. The zero-order chi connectivity index (χ0) is 23.8. The second-order valence-electron chi connectivity index (χ2n) is 9.14. The minimum atomic E-state index is -3.24. The highest BCUT2D eigenvalue weighted by Crippen LogP contribution is 2.28. The number of piperidine rings is 1. The standard InChI is InChI=1S/C28H34N2O3S/c1-34(31,32)29-27-14-12-23(13-15-27)16-19-30-20-17-24(18-21-30)22-33-28(25-8-4-2-5-9-25)26-10-6-3-7-11-26/h2-15,24,28-29H,16-22H2,1H3. The summed E-state index contributed by atoms with van der Waals surface area (Å²) in [4.78, 5) is 2.52. The van der Waals surface area contributed by atoms with Gasteiger partial charge in [0.15, 0.2) is 0 Å². The van der Waals surface area contributed by atoms with Crippen LogP contribution in [0.25, 0.3) is 0 Å². The maximum absolute atomic E-state index is 11.3. The van der Waals surface area contributed by atoms with E-state index in [1.165, 1.54) is 22.9 Å². The molecule has 1 aliphatic rings. The quantitative estimate of drug-likeness (QED) is 0.439. The lowest BCUT2D eigenvalue weighted by molar-refractivity contribution is 0.0311. The van der Waals surface area contributed by atoms with Crippen molar-refractivity contribution >= 4 is 15.7 Å². The van der Waals surface area contributed by atoms with Crippen LogP contribution in [0.3, 0.4) is 0 Å². The van der Waals surface area contributed by atoms with Crippen molar-refractivity contribution in [2.24, 2.45) is 5.92 Å². The number of anilines is 1. The number of ether oxygens (including phenoxy) is 1. The van der Waals surface area contributed by atoms with Gasteiger partial charge in [0.2, 0.25) is 10.0 Å². The fourth-order valence-corrected chi connectivity index (χ4v) is 5.05. The van der Waals surface area contributed by atoms with Gasteiger partial charge in [0.05, 0.1) is 12.9 Å². The van der Waals surface area contributed by atoms with Crippen LogP contribution in [-0.2, 0) is 21.2 Å². The molecule has 0 saturated carbocycles. The van der Waals surface area contributed by atoms with Gasteiger partial charge >= 0.3 is 0 Å². The van der Waals surface area contributed by atoms with E-state index >= 15 is 0 Å². The summed E-state index contributed by atoms with van der Waals surface area (Å²) in [5.74, 6) is 0.576. The normalized spacial score (nSPS) is 15.5. The molecule has 0 aliphatic carbocycles. The van der Waals surface area contributed by atoms with Gasteiger partial charge in [-0.05, 0) is 67.1 Å². The Balaban J connectivity index is 1.23. The minimum Gasteiger partial charge on any atom is -0.368 e. The van der Waals surface area contributed by atoms with E-state index in [9.17, 15) is 8.42 Å². The van der Waals surface area contributed by atoms with Gasteiger partial charge in [0.1, 0.15) is 6.10 Å². The summed E-state index contributed by atoms with van der Waals surface area (Å²) in [6.07, 6.45) is 4.39. The van der Waals surface area contributed by atoms with E-state index in [1.807, 2.05) is 36.4 Å². The van der Waals surface area contributed by atoms with Crippen LogP contribution in [0.5, 0.6) is 0 Å². The number of hydrogen-bond acceptors (Lipinski definition) is 4. The summed E-state index contributed by atoms with van der Waals surface area (Å²) in [5.41, 5.74) is 4.22. The summed E-state index contributed by atoms with van der Waals surface area (Å²) in [5, 5.41) is 0. The summed E-state index contributed by atoms with van der Waals surface area (Å²) < 4.78 is 31.7. The molecule has 1 fully saturated rings. The first-order chi connectivity index (χ1) is 16.5. The first-order valence-corrected chi connectivity index (χ1v) is 13.9. The van der Waals surface area contributed by atoms with Crippen LogP contribution < -0.4 is 4.72 Å². The maximum Gasteiger partial charge on any atom is 0.229 e. The molecule has 0 amide bonds. The molecule has 3 aromatic rings. The highest BCUT2D eigenvalue weighted by molar-refractivity contribution is 7.92. The van der Waals surface area contributed by atoms with E-state index in [1.54, 1.807) is 0 Å². The molecule has 0 spiro atoms. The number of benzene rings is 3. The molecule has 1 heterocycles. The summed E-state index contributed by atoms with van der Waals surface area (Å²) in [7, 11) is -3.24. The molecule has 0 bridgehead atoms. The second-order valence-corrected chi connectivity index (χ2v) is 10.9. The Kier molecular flexibility index (Phi) is 8.38. The zero-order valence-electron chi connectivity index (χ0n) is 19.8. The largest absolute Gasteiger partial charge is 0.368 e. The number of nitrogens with one attached hydrogen (secondary N) is 1. The number of sulfonamides is 1. The maximum atomic E-state index is 11.3. The van der Waals surface area contributed by atoms with E-state index in [0.717, 1.165) is 45.5 Å². The lowest BCUT2D eigenvalue weighted by Gasteiger charge is -2.32. The van der Waals surface area contributed by atoms with Crippen molar-refractivity contribution in [2.75, 3.05) is 37.2 Å². The molecule has 1 aliphatic heterocycles. The van der Waals surface area contributed by atoms with Gasteiger partial charge in [-0.15, -0.1) is 0 Å². The van der Waals surface area contributed by atoms with Crippen molar-refractivity contribution in [3.63, 3.8) is 0 Å². The third kappa shape index (κ3) is 7.42. The van der Waals surface area contributed by atoms with Gasteiger partial charge < -0.3 is 9.64 Å². The average Bonchev–Trinajstić information content (AvgIpc) is 2.85. The zero-order valence-corrected chi connectivity index (χ0v) is 20.6. The smallest absolute Gasteiger partial charge is 0.229 e. The summed E-state index contributed by atoms with van der Waals surface area (Å²) >= 11 is 0. The molecule has 180 valence electrons. The molecule has 0 unspecified atom stereocenters. The minimum absolute atomic E-state index is 0.0272. The number of hydrogen-bond donors (Lipinski definition) is 1. The monoisotopic (exact) mass is 478 g/mol. The van der Waals surface area contributed by atoms with Crippen molar-refractivity contribution in [1.82, 2.24) is 4.90 Å². The molecule has 6 heteroatoms. The Morgan fingerprint density at radius 2 is 1.44 bits per heavy atom. The predicted octanol–water partition coefficient (Wildman–Crippen LogP) is 5.12. The third-order valence-corrected chi connectivity index (χ3v) is 6.99. The van der Waals surface area contributed by atoms with Crippen molar-refractivity contribution in [3.8, 4) is 0 Å². The Morgan fingerprint density at radius 1 is 0.882 bits per heavy atom. The van der Waals surface area contributed by atoms with E-state index in [-0.39, 0.29) is 6.10 Å². The molecule has 3 aromatic carbocycles. The first kappa shape index (κ1) is 24.5. The predicted molar refractivity (Wildman–Crippen MR) is 138 cm³/mol. The second kappa shape index (κ2) is 11.6. The number of nitrogens with zero attached hydrogens (tertiary/aromatic N) is 1. The lowest BCUT2D eigenvalue weighted by atomic mass is 9.96. The average molecular weight is 479 g/mol. The molecule has 34 heavy (non-hydrogen) atoms. The Morgan fingerprint density at radius 3 is 1.97 bits per heavy atom. The van der Waals surface area contributed by atoms with Crippen molar-refractivity contribution in [2.45, 2.75) is 25.4 Å². The van der Waals surface area contributed by atoms with Gasteiger partial charge in [0.25, 0.3) is 0 Å². The molecule has 0 aromatic heterocycles. The van der Waals surface area contributed by atoms with Crippen LogP contribution in [0.4, 0.5) is 5.69 Å². The number of likely N-dealkylation sites (tertiary alicyclic amines) is 1. The van der Waals surface area contributed by atoms with Crippen LogP contribution in [0.1, 0.15) is 35.6 Å². The van der Waals surface area contributed by atoms with Crippen LogP contribution in [0.2, 0.25) is 0 Å². The molecule has 0 atom stereocenters. The van der Waals surface area contributed by atoms with Crippen molar-refractivity contribution < 1.29 is 13.2 Å². The van der Waals surface area contributed by atoms with E-state index < -0.39 is 10.0 Å². The van der Waals surface area contributed by atoms with Crippen LogP contribution in [0, 0.1) is 5.92 Å². The molecule has 0 radical (unpaired) electrons. The topological polar surface area (TPSA) is 58.6 Å². The molecule has 4 rings (SSSR count). The van der Waals surface area contributed by atoms with Gasteiger partial charge in [-0.3, -0.25) is 4.72 Å². The van der Waals surface area contributed by atoms with Gasteiger partial charge in [0, 0.05) is 12.2 Å². The van der Waals surface area contributed by atoms with E-state index in [0.29, 0.717) is 11.6 Å². The molecular formula is C28H34N2O3S. The van der Waals surface area contributed by atoms with Gasteiger partial charge in [-0.25, -0.2) is 8.42 Å². The fraction of sp³-hybridized carbons (Fsp3) is 0.357. The highest BCUT2D eigenvalue weighted by Gasteiger charge is 2.22. The fourth-order valence-electron chi connectivity index (χ4n) is 4.49. The van der Waals surface area contributed by atoms with Crippen LogP contribution in [0.15, 0.2) is 84.9 Å². The van der Waals surface area contributed by atoms with Crippen LogP contribution in [-0.4, -0.2) is 45.8 Å². The summed E-state index contributed by atoms with van der Waals surface area (Å²) in [6, 6.07) is 28.6. The Hall–Kier alpha value is -2.67. The van der Waals surface area contributed by atoms with Gasteiger partial charge in [-0.2, -0.15) is 0 Å². The lowest BCUT2D eigenvalue weighted by Crippen LogP contribution is -2.36. The summed E-state index contributed by atoms with van der Waals surface area (Å²) in [6.45, 7) is 3.96. The van der Waals surface area contributed by atoms with E-state index in [4.69, 9.17) is 4.74 Å². The van der Waals surface area contributed by atoms with E-state index in [2.05, 4.69) is 58.2 Å². The highest BCUT2D eigenvalue weighted by atomic mass is 32.2. The van der Waals surface area contributed by atoms with Gasteiger partial charge in [-0.1, -0.05) is 72.8 Å². The number of rotatable bonds is 10. The Bertz CT molecular complexity index is 1070. The van der Waals surface area contributed by atoms with Crippen LogP contribution >= 0.6 is 0 Å². The van der Waals surface area contributed by atoms with Crippen molar-refractivity contribution in [1.29, 1.82) is 0 Å². The third-order valence-electron chi connectivity index (χ3n) is 6.38. The molecule has 1 saturated heterocycles. The molecule has 1 N–H and O–H groups in total. The molecule has 5 nitrogen and oxygen atoms in total. The van der Waals surface area contributed by atoms with Crippen molar-refractivity contribution in [3.05, 3.63) is 102 Å². The SMILES string of the molecule is CS(=O)(=O)Nc1ccc(CCN2CCC(COC(c3ccccc3)c3ccccc3)CC2)cc1.